The molecule has 1 fully saturated rings. The molecule has 0 saturated heterocycles. The van der Waals surface area contributed by atoms with Crippen LogP contribution < -0.4 is 10.6 Å². The third kappa shape index (κ3) is 7.21. The van der Waals surface area contributed by atoms with E-state index in [2.05, 4.69) is 10.6 Å². The van der Waals surface area contributed by atoms with Gasteiger partial charge in [-0.3, -0.25) is 10.1 Å². The van der Waals surface area contributed by atoms with Gasteiger partial charge in [0.2, 0.25) is 0 Å². The van der Waals surface area contributed by atoms with Crippen LogP contribution in [0.15, 0.2) is 24.3 Å². The Morgan fingerprint density at radius 1 is 1.04 bits per heavy atom. The van der Waals surface area contributed by atoms with Crippen molar-refractivity contribution in [3.05, 3.63) is 29.8 Å². The van der Waals surface area contributed by atoms with E-state index in [9.17, 15) is 14.4 Å². The van der Waals surface area contributed by atoms with Gasteiger partial charge in [0, 0.05) is 11.7 Å². The first-order valence-corrected chi connectivity index (χ1v) is 9.75. The maximum Gasteiger partial charge on any atom is 0.412 e. The molecule has 2 N–H and O–H groups in total. The number of hydrogen-bond acceptors (Lipinski definition) is 5. The highest BCUT2D eigenvalue weighted by Gasteiger charge is 2.23. The molecule has 0 heterocycles. The number of esters is 1. The van der Waals surface area contributed by atoms with Crippen LogP contribution >= 0.6 is 0 Å². The molecule has 0 bridgehead atoms. The first-order chi connectivity index (χ1) is 13.1. The molecule has 0 aliphatic heterocycles. The average molecular weight is 390 g/mol. The Morgan fingerprint density at radius 3 is 2.21 bits per heavy atom. The number of carbonyl (C=O) groups is 3. The second-order valence-electron chi connectivity index (χ2n) is 8.10. The molecule has 2 rings (SSSR count). The fourth-order valence-corrected chi connectivity index (χ4v) is 2.96. The summed E-state index contributed by atoms with van der Waals surface area (Å²) in [5.41, 5.74) is 0.197. The van der Waals surface area contributed by atoms with E-state index >= 15 is 0 Å². The van der Waals surface area contributed by atoms with E-state index < -0.39 is 23.8 Å². The van der Waals surface area contributed by atoms with Crippen LogP contribution in [0, 0.1) is 0 Å². The molecule has 7 heteroatoms. The van der Waals surface area contributed by atoms with E-state index in [0.29, 0.717) is 11.3 Å². The first-order valence-electron chi connectivity index (χ1n) is 9.75. The summed E-state index contributed by atoms with van der Waals surface area (Å²) in [6.07, 6.45) is 3.93. The molecule has 0 unspecified atom stereocenters. The first kappa shape index (κ1) is 21.7. The molecule has 1 aliphatic carbocycles. The lowest BCUT2D eigenvalue weighted by atomic mass is 9.95. The van der Waals surface area contributed by atoms with Crippen molar-refractivity contribution in [1.82, 2.24) is 5.32 Å². The van der Waals surface area contributed by atoms with Gasteiger partial charge in [0.05, 0.1) is 5.56 Å². The predicted molar refractivity (Wildman–Crippen MR) is 106 cm³/mol. The second-order valence-corrected chi connectivity index (χ2v) is 8.10. The zero-order valence-corrected chi connectivity index (χ0v) is 17.0. The van der Waals surface area contributed by atoms with Crippen LogP contribution in [-0.4, -0.2) is 35.7 Å². The summed E-state index contributed by atoms with van der Waals surface area (Å²) in [5.74, 6) is -0.862. The Bertz CT molecular complexity index is 688. The summed E-state index contributed by atoms with van der Waals surface area (Å²) in [7, 11) is 0. The molecule has 2 amide bonds. The zero-order valence-electron chi connectivity index (χ0n) is 17.0. The topological polar surface area (TPSA) is 93.7 Å². The Labute approximate surface area is 166 Å². The molecule has 154 valence electrons. The van der Waals surface area contributed by atoms with Crippen molar-refractivity contribution >= 4 is 23.7 Å². The van der Waals surface area contributed by atoms with Crippen molar-refractivity contribution in [2.75, 3.05) is 5.32 Å². The van der Waals surface area contributed by atoms with E-state index in [1.165, 1.54) is 18.6 Å². The summed E-state index contributed by atoms with van der Waals surface area (Å²) >= 11 is 0. The lowest BCUT2D eigenvalue weighted by Crippen LogP contribution is -2.42. The summed E-state index contributed by atoms with van der Waals surface area (Å²) in [6.45, 7) is 6.89. The van der Waals surface area contributed by atoms with Gasteiger partial charge in [-0.1, -0.05) is 19.3 Å². The molecule has 1 atom stereocenters. The van der Waals surface area contributed by atoms with Gasteiger partial charge in [0.1, 0.15) is 5.60 Å². The van der Waals surface area contributed by atoms with Gasteiger partial charge in [0.25, 0.3) is 5.91 Å². The fourth-order valence-electron chi connectivity index (χ4n) is 2.96. The number of rotatable bonds is 5. The molecule has 1 saturated carbocycles. The summed E-state index contributed by atoms with van der Waals surface area (Å²) in [4.78, 5) is 36.2. The number of ether oxygens (including phenoxy) is 2. The largest absolute Gasteiger partial charge is 0.449 e. The van der Waals surface area contributed by atoms with Crippen LogP contribution in [0.1, 0.15) is 70.2 Å². The van der Waals surface area contributed by atoms with E-state index in [0.717, 1.165) is 25.7 Å². The molecule has 28 heavy (non-hydrogen) atoms. The standard InChI is InChI=1S/C21H30N2O5/c1-14(18(24)22-16-8-6-5-7-9-16)27-19(25)15-10-12-17(13-11-15)23-20(26)28-21(2,3)4/h10-14,16H,5-9H2,1-4H3,(H,22,24)(H,23,26)/t14-/m0/s1. The van der Waals surface area contributed by atoms with Gasteiger partial charge >= 0.3 is 12.1 Å². The van der Waals surface area contributed by atoms with Crippen LogP contribution in [0.2, 0.25) is 0 Å². The fraction of sp³-hybridized carbons (Fsp3) is 0.571. The number of anilines is 1. The van der Waals surface area contributed by atoms with E-state index in [1.54, 1.807) is 39.8 Å². The third-order valence-corrected chi connectivity index (χ3v) is 4.37. The number of carbonyl (C=O) groups excluding carboxylic acids is 3. The third-order valence-electron chi connectivity index (χ3n) is 4.37. The van der Waals surface area contributed by atoms with Crippen molar-refractivity contribution in [3.8, 4) is 0 Å². The smallest absolute Gasteiger partial charge is 0.412 e. The molecule has 7 nitrogen and oxygen atoms in total. The molecule has 1 aliphatic rings. The minimum absolute atomic E-state index is 0.167. The van der Waals surface area contributed by atoms with Crippen LogP contribution in [0.25, 0.3) is 0 Å². The minimum Gasteiger partial charge on any atom is -0.449 e. The van der Waals surface area contributed by atoms with Crippen molar-refractivity contribution in [2.45, 2.75) is 77.5 Å². The molecular weight excluding hydrogens is 360 g/mol. The van der Waals surface area contributed by atoms with E-state index in [4.69, 9.17) is 9.47 Å². The van der Waals surface area contributed by atoms with Crippen molar-refractivity contribution in [1.29, 1.82) is 0 Å². The number of nitrogens with one attached hydrogen (secondary N) is 2. The van der Waals surface area contributed by atoms with Gasteiger partial charge < -0.3 is 14.8 Å². The number of amides is 2. The predicted octanol–water partition coefficient (Wildman–Crippen LogP) is 4.03. The highest BCUT2D eigenvalue weighted by Crippen LogP contribution is 2.18. The zero-order chi connectivity index (χ0) is 20.7. The number of hydrogen-bond donors (Lipinski definition) is 2. The normalized spacial score (nSPS) is 16.0. The molecule has 0 aromatic heterocycles. The van der Waals surface area contributed by atoms with Gasteiger partial charge in [0.15, 0.2) is 6.10 Å². The van der Waals surface area contributed by atoms with Crippen molar-refractivity contribution in [3.63, 3.8) is 0 Å². The number of benzene rings is 1. The van der Waals surface area contributed by atoms with Crippen LogP contribution in [-0.2, 0) is 14.3 Å². The highest BCUT2D eigenvalue weighted by molar-refractivity contribution is 5.93. The van der Waals surface area contributed by atoms with Crippen molar-refractivity contribution < 1.29 is 23.9 Å². The summed E-state index contributed by atoms with van der Waals surface area (Å²) in [5, 5.41) is 5.54. The lowest BCUT2D eigenvalue weighted by Gasteiger charge is -2.24. The maximum absolute atomic E-state index is 12.3. The molecule has 0 spiro atoms. The van der Waals surface area contributed by atoms with E-state index in [1.807, 2.05) is 0 Å². The Morgan fingerprint density at radius 2 is 1.64 bits per heavy atom. The highest BCUT2D eigenvalue weighted by atomic mass is 16.6. The summed E-state index contributed by atoms with van der Waals surface area (Å²) in [6, 6.07) is 6.38. The lowest BCUT2D eigenvalue weighted by molar-refractivity contribution is -0.130. The Balaban J connectivity index is 1.84. The SMILES string of the molecule is C[C@H](OC(=O)c1ccc(NC(=O)OC(C)(C)C)cc1)C(=O)NC1CCCCC1. The average Bonchev–Trinajstić information content (AvgIpc) is 2.61. The second kappa shape index (κ2) is 9.57. The Kier molecular flexibility index (Phi) is 7.43. The molecular formula is C21H30N2O5. The van der Waals surface area contributed by atoms with Crippen molar-refractivity contribution in [2.24, 2.45) is 0 Å². The van der Waals surface area contributed by atoms with Gasteiger partial charge in [-0.2, -0.15) is 0 Å². The maximum atomic E-state index is 12.3. The van der Waals surface area contributed by atoms with E-state index in [-0.39, 0.29) is 11.9 Å². The minimum atomic E-state index is -0.867. The molecule has 1 aromatic rings. The van der Waals surface area contributed by atoms with Gasteiger partial charge in [-0.05, 0) is 64.8 Å². The quantitative estimate of drug-likeness (QED) is 0.741. The van der Waals surface area contributed by atoms with Crippen LogP contribution in [0.5, 0.6) is 0 Å². The van der Waals surface area contributed by atoms with Crippen LogP contribution in [0.3, 0.4) is 0 Å². The molecule has 0 radical (unpaired) electrons. The van der Waals surface area contributed by atoms with Crippen LogP contribution in [0.4, 0.5) is 10.5 Å². The van der Waals surface area contributed by atoms with Gasteiger partial charge in [-0.15, -0.1) is 0 Å². The monoisotopic (exact) mass is 390 g/mol. The molecule has 1 aromatic carbocycles. The Hall–Kier alpha value is -2.57. The summed E-state index contributed by atoms with van der Waals surface area (Å²) < 4.78 is 10.4. The van der Waals surface area contributed by atoms with Gasteiger partial charge in [-0.25, -0.2) is 9.59 Å².